The minimum Gasteiger partial charge on any atom is -0.415 e. The number of nitrogen functional groups attached to an aromatic ring is 1. The van der Waals surface area contributed by atoms with Crippen molar-refractivity contribution in [1.29, 1.82) is 0 Å². The number of alkyl carbamates (subject to hydrolysis) is 1. The lowest BCUT2D eigenvalue weighted by Crippen LogP contribution is -2.29. The van der Waals surface area contributed by atoms with Gasteiger partial charge < -0.3 is 21.1 Å². The predicted molar refractivity (Wildman–Crippen MR) is 135 cm³/mol. The highest BCUT2D eigenvalue weighted by molar-refractivity contribution is 7.39. The third kappa shape index (κ3) is 7.12. The van der Waals surface area contributed by atoms with Gasteiger partial charge in [-0.3, -0.25) is 4.79 Å². The zero-order chi connectivity index (χ0) is 24.5. The summed E-state index contributed by atoms with van der Waals surface area (Å²) in [7, 11) is -1.85. The standard InChI is InChI=1S/C24H26N3O5PS/c1-3-22(32-33(30)4-2)31-24(29)26-15-16-7-9-17(10-8-16)23(28)27-20-14-18(11-12-19(20)25)21-6-5-13-34-21/h5-14,22H,3-4,15,25H2,1-2H3,(H-,26,27,28,29)/p+1. The van der Waals surface area contributed by atoms with Crippen LogP contribution >= 0.6 is 19.4 Å². The van der Waals surface area contributed by atoms with E-state index in [2.05, 4.69) is 10.6 Å². The van der Waals surface area contributed by atoms with Crippen LogP contribution < -0.4 is 16.4 Å². The van der Waals surface area contributed by atoms with E-state index in [9.17, 15) is 14.2 Å². The van der Waals surface area contributed by atoms with Crippen LogP contribution in [0.3, 0.4) is 0 Å². The Morgan fingerprint density at radius 3 is 2.53 bits per heavy atom. The van der Waals surface area contributed by atoms with Gasteiger partial charge in [0.2, 0.25) is 0 Å². The molecule has 2 atom stereocenters. The SMILES string of the molecule is CCC(OC(=O)NCc1ccc(C(=O)Nc2cc(-c3cccs3)ccc2N)cc1)O[P+](=O)CC. The van der Waals surface area contributed by atoms with Crippen LogP contribution in [0.4, 0.5) is 16.2 Å². The zero-order valence-electron chi connectivity index (χ0n) is 18.9. The van der Waals surface area contributed by atoms with Crippen LogP contribution in [-0.2, 0) is 20.4 Å². The van der Waals surface area contributed by atoms with E-state index >= 15 is 0 Å². The summed E-state index contributed by atoms with van der Waals surface area (Å²) in [6.07, 6.45) is -0.794. The average molecular weight is 501 g/mol. The molecule has 4 N–H and O–H groups in total. The van der Waals surface area contributed by atoms with E-state index in [4.69, 9.17) is 15.0 Å². The lowest BCUT2D eigenvalue weighted by atomic mass is 10.1. The number of nitrogens with two attached hydrogens (primary N) is 1. The van der Waals surface area contributed by atoms with Crippen molar-refractivity contribution in [3.63, 3.8) is 0 Å². The van der Waals surface area contributed by atoms with Crippen LogP contribution in [0.2, 0.25) is 0 Å². The lowest BCUT2D eigenvalue weighted by molar-refractivity contribution is -0.0289. The van der Waals surface area contributed by atoms with Crippen LogP contribution in [0, 0.1) is 0 Å². The van der Waals surface area contributed by atoms with Crippen LogP contribution in [0.15, 0.2) is 60.0 Å². The quantitative estimate of drug-likeness (QED) is 0.179. The van der Waals surface area contributed by atoms with Crippen LogP contribution in [-0.4, -0.2) is 24.5 Å². The molecule has 1 heterocycles. The number of carbonyl (C=O) groups excluding carboxylic acids is 2. The Morgan fingerprint density at radius 1 is 1.12 bits per heavy atom. The molecule has 3 aromatic rings. The number of anilines is 2. The fraction of sp³-hybridized carbons (Fsp3) is 0.250. The first-order valence-electron chi connectivity index (χ1n) is 10.8. The van der Waals surface area contributed by atoms with E-state index in [-0.39, 0.29) is 12.5 Å². The van der Waals surface area contributed by atoms with E-state index < -0.39 is 20.4 Å². The second-order valence-electron chi connectivity index (χ2n) is 7.28. The van der Waals surface area contributed by atoms with Gasteiger partial charge in [-0.1, -0.05) is 31.2 Å². The molecule has 8 nitrogen and oxygen atoms in total. The molecule has 0 saturated heterocycles. The van der Waals surface area contributed by atoms with Crippen molar-refractivity contribution < 1.29 is 23.4 Å². The number of hydrogen-bond donors (Lipinski definition) is 3. The Kier molecular flexibility index (Phi) is 9.16. The summed E-state index contributed by atoms with van der Waals surface area (Å²) >= 11 is 1.61. The molecule has 0 aliphatic carbocycles. The molecule has 0 bridgehead atoms. The van der Waals surface area contributed by atoms with Crippen LogP contribution in [0.5, 0.6) is 0 Å². The number of nitrogens with one attached hydrogen (secondary N) is 2. The molecule has 1 aromatic heterocycles. The molecule has 2 aromatic carbocycles. The second kappa shape index (κ2) is 12.3. The van der Waals surface area contributed by atoms with E-state index in [1.165, 1.54) is 0 Å². The summed E-state index contributed by atoms with van der Waals surface area (Å²) in [5.41, 5.74) is 9.28. The Hall–Kier alpha value is -3.26. The fourth-order valence-corrected chi connectivity index (χ4v) is 4.28. The molecule has 34 heavy (non-hydrogen) atoms. The highest BCUT2D eigenvalue weighted by Gasteiger charge is 2.24. The number of ether oxygens (including phenoxy) is 1. The normalized spacial score (nSPS) is 12.0. The number of thiophene rings is 1. The first kappa shape index (κ1) is 25.4. The molecule has 0 spiro atoms. The van der Waals surface area contributed by atoms with Gasteiger partial charge in [0, 0.05) is 23.4 Å². The minimum absolute atomic E-state index is 0.201. The molecule has 3 rings (SSSR count). The van der Waals surface area contributed by atoms with Gasteiger partial charge in [0.15, 0.2) is 6.16 Å². The number of benzene rings is 2. The zero-order valence-corrected chi connectivity index (χ0v) is 20.7. The van der Waals surface area contributed by atoms with Gasteiger partial charge in [0.05, 0.1) is 11.4 Å². The molecule has 0 fully saturated rings. The molecule has 0 radical (unpaired) electrons. The molecular weight excluding hydrogens is 473 g/mol. The summed E-state index contributed by atoms with van der Waals surface area (Å²) in [6, 6.07) is 16.3. The van der Waals surface area contributed by atoms with Crippen molar-refractivity contribution in [2.24, 2.45) is 0 Å². The maximum atomic E-state index is 12.7. The van der Waals surface area contributed by atoms with Crippen molar-refractivity contribution in [2.75, 3.05) is 17.2 Å². The van der Waals surface area contributed by atoms with Gasteiger partial charge in [-0.15, -0.1) is 15.9 Å². The Balaban J connectivity index is 1.55. The molecule has 0 aliphatic rings. The van der Waals surface area contributed by atoms with E-state index in [0.29, 0.717) is 29.5 Å². The summed E-state index contributed by atoms with van der Waals surface area (Å²) in [6.45, 7) is 3.70. The van der Waals surface area contributed by atoms with Crippen molar-refractivity contribution in [3.05, 3.63) is 71.1 Å². The summed E-state index contributed by atoms with van der Waals surface area (Å²) in [5.74, 6) is -0.290. The second-order valence-corrected chi connectivity index (χ2v) is 9.74. The van der Waals surface area contributed by atoms with Gasteiger partial charge in [-0.25, -0.2) is 4.79 Å². The van der Waals surface area contributed by atoms with Crippen molar-refractivity contribution >= 4 is 42.7 Å². The van der Waals surface area contributed by atoms with E-state index in [1.54, 1.807) is 55.5 Å². The lowest BCUT2D eigenvalue weighted by Gasteiger charge is -2.12. The maximum absolute atomic E-state index is 12.7. The molecule has 2 amide bonds. The summed E-state index contributed by atoms with van der Waals surface area (Å²) in [4.78, 5) is 25.8. The molecule has 178 valence electrons. The maximum Gasteiger partial charge on any atom is 0.511 e. The van der Waals surface area contributed by atoms with Gasteiger partial charge >= 0.3 is 14.1 Å². The predicted octanol–water partition coefficient (Wildman–Crippen LogP) is 5.99. The smallest absolute Gasteiger partial charge is 0.415 e. The van der Waals surface area contributed by atoms with Crippen molar-refractivity contribution in [1.82, 2.24) is 5.32 Å². The highest BCUT2D eigenvalue weighted by atomic mass is 32.1. The molecule has 10 heteroatoms. The van der Waals surface area contributed by atoms with Crippen LogP contribution in [0.25, 0.3) is 10.4 Å². The molecule has 2 unspecified atom stereocenters. The monoisotopic (exact) mass is 500 g/mol. The third-order valence-electron chi connectivity index (χ3n) is 4.83. The minimum atomic E-state index is -1.85. The first-order chi connectivity index (χ1) is 16.4. The van der Waals surface area contributed by atoms with Crippen LogP contribution in [0.1, 0.15) is 36.2 Å². The molecular formula is C24H27N3O5PS+. The largest absolute Gasteiger partial charge is 0.511 e. The topological polar surface area (TPSA) is 120 Å². The Labute approximate surface area is 203 Å². The van der Waals surface area contributed by atoms with Gasteiger partial charge in [-0.05, 0) is 58.3 Å². The Morgan fingerprint density at radius 2 is 1.88 bits per heavy atom. The number of hydrogen-bond acceptors (Lipinski definition) is 7. The van der Waals surface area contributed by atoms with Crippen molar-refractivity contribution in [2.45, 2.75) is 33.1 Å². The van der Waals surface area contributed by atoms with Gasteiger partial charge in [-0.2, -0.15) is 0 Å². The van der Waals surface area contributed by atoms with Crippen molar-refractivity contribution in [3.8, 4) is 10.4 Å². The first-order valence-corrected chi connectivity index (χ1v) is 13.0. The summed E-state index contributed by atoms with van der Waals surface area (Å²) in [5, 5.41) is 7.47. The third-order valence-corrected chi connectivity index (χ3v) is 6.73. The summed E-state index contributed by atoms with van der Waals surface area (Å²) < 4.78 is 21.8. The average Bonchev–Trinajstić information content (AvgIpc) is 3.39. The fourth-order valence-electron chi connectivity index (χ4n) is 2.95. The Bertz CT molecular complexity index is 1140. The number of carbonyl (C=O) groups is 2. The highest BCUT2D eigenvalue weighted by Crippen LogP contribution is 2.30. The van der Waals surface area contributed by atoms with Gasteiger partial charge in [0.25, 0.3) is 12.2 Å². The molecule has 0 aliphatic heterocycles. The number of amides is 2. The van der Waals surface area contributed by atoms with E-state index in [1.807, 2.05) is 29.6 Å². The number of rotatable bonds is 10. The van der Waals surface area contributed by atoms with E-state index in [0.717, 1.165) is 16.0 Å². The van der Waals surface area contributed by atoms with Gasteiger partial charge in [0.1, 0.15) is 0 Å². The molecule has 0 saturated carbocycles.